The van der Waals surface area contributed by atoms with Crippen LogP contribution in [-0.2, 0) is 0 Å². The Balaban J connectivity index is 1.53. The van der Waals surface area contributed by atoms with Gasteiger partial charge in [0.1, 0.15) is 0 Å². The summed E-state index contributed by atoms with van der Waals surface area (Å²) in [4.78, 5) is 9.71. The van der Waals surface area contributed by atoms with Gasteiger partial charge in [-0.25, -0.2) is 0 Å². The van der Waals surface area contributed by atoms with Crippen molar-refractivity contribution in [3.63, 3.8) is 0 Å². The molecule has 6 nitrogen and oxygen atoms in total. The van der Waals surface area contributed by atoms with Crippen LogP contribution >= 0.6 is 0 Å². The predicted octanol–water partition coefficient (Wildman–Crippen LogP) is 12.6. The van der Waals surface area contributed by atoms with Crippen LogP contribution in [0.4, 0.5) is 56.9 Å². The van der Waals surface area contributed by atoms with Gasteiger partial charge in [0.2, 0.25) is 0 Å². The van der Waals surface area contributed by atoms with Crippen molar-refractivity contribution in [1.29, 1.82) is 0 Å². The predicted molar refractivity (Wildman–Crippen MR) is 229 cm³/mol. The smallest absolute Gasteiger partial charge is 0.0463 e. The van der Waals surface area contributed by atoms with E-state index in [1.807, 2.05) is 24.3 Å². The minimum Gasteiger partial charge on any atom is -0.399 e. The molecule has 0 atom stereocenters. The molecule has 0 amide bonds. The molecular formula is C46H60N6. The highest BCUT2D eigenvalue weighted by molar-refractivity contribution is 5.82. The average molecular weight is 697 g/mol. The van der Waals surface area contributed by atoms with Crippen LogP contribution < -0.4 is 31.1 Å². The Hall–Kier alpha value is -5.10. The SMILES string of the molecule is CCCCN(CCCC)c1ccc(N(c2ccc(N(CCCC)CCCC)cc2)c2ccc(N(c3ccc(N)cc3)c3ccc(N)cc3)cc2)cc1. The maximum absolute atomic E-state index is 6.08. The second-order valence-corrected chi connectivity index (χ2v) is 13.8. The van der Waals surface area contributed by atoms with Gasteiger partial charge in [-0.3, -0.25) is 0 Å². The maximum Gasteiger partial charge on any atom is 0.0463 e. The second kappa shape index (κ2) is 19.5. The summed E-state index contributed by atoms with van der Waals surface area (Å²) in [6, 6.07) is 43.2. The van der Waals surface area contributed by atoms with Gasteiger partial charge in [-0.05, 0) is 147 Å². The Morgan fingerprint density at radius 2 is 0.500 bits per heavy atom. The number of anilines is 10. The van der Waals surface area contributed by atoms with Crippen molar-refractivity contribution < 1.29 is 0 Å². The van der Waals surface area contributed by atoms with Crippen LogP contribution in [0, 0.1) is 0 Å². The summed E-state index contributed by atoms with van der Waals surface area (Å²) in [6.07, 6.45) is 9.60. The highest BCUT2D eigenvalue weighted by Gasteiger charge is 2.18. The van der Waals surface area contributed by atoms with Crippen LogP contribution in [0.1, 0.15) is 79.1 Å². The summed E-state index contributed by atoms with van der Waals surface area (Å²) in [5, 5.41) is 0. The Bertz CT molecular complexity index is 1610. The van der Waals surface area contributed by atoms with E-state index in [9.17, 15) is 0 Å². The van der Waals surface area contributed by atoms with Gasteiger partial charge >= 0.3 is 0 Å². The van der Waals surface area contributed by atoms with Gasteiger partial charge in [0.25, 0.3) is 0 Å². The highest BCUT2D eigenvalue weighted by atomic mass is 15.2. The fourth-order valence-corrected chi connectivity index (χ4v) is 6.65. The van der Waals surface area contributed by atoms with E-state index in [1.165, 1.54) is 62.7 Å². The van der Waals surface area contributed by atoms with Crippen LogP contribution in [0.2, 0.25) is 0 Å². The molecule has 0 saturated heterocycles. The molecule has 0 aromatic heterocycles. The molecule has 0 radical (unpaired) electrons. The van der Waals surface area contributed by atoms with E-state index in [2.05, 4.69) is 144 Å². The van der Waals surface area contributed by atoms with E-state index in [0.717, 1.165) is 71.7 Å². The molecule has 0 saturated carbocycles. The lowest BCUT2D eigenvalue weighted by Crippen LogP contribution is -2.25. The van der Waals surface area contributed by atoms with Gasteiger partial charge in [-0.15, -0.1) is 0 Å². The normalized spacial score (nSPS) is 11.0. The summed E-state index contributed by atoms with van der Waals surface area (Å²) >= 11 is 0. The third-order valence-electron chi connectivity index (χ3n) is 9.74. The third kappa shape index (κ3) is 10.0. The maximum atomic E-state index is 6.08. The Morgan fingerprint density at radius 1 is 0.308 bits per heavy atom. The highest BCUT2D eigenvalue weighted by Crippen LogP contribution is 2.40. The van der Waals surface area contributed by atoms with E-state index < -0.39 is 0 Å². The van der Waals surface area contributed by atoms with E-state index in [-0.39, 0.29) is 0 Å². The average Bonchev–Trinajstić information content (AvgIpc) is 3.18. The fourth-order valence-electron chi connectivity index (χ4n) is 6.65. The van der Waals surface area contributed by atoms with Gasteiger partial charge in [-0.2, -0.15) is 0 Å². The molecule has 0 aliphatic carbocycles. The van der Waals surface area contributed by atoms with E-state index in [0.29, 0.717) is 0 Å². The van der Waals surface area contributed by atoms with Gasteiger partial charge in [0.15, 0.2) is 0 Å². The summed E-state index contributed by atoms with van der Waals surface area (Å²) in [5.41, 5.74) is 22.7. The van der Waals surface area contributed by atoms with Crippen molar-refractivity contribution in [2.24, 2.45) is 0 Å². The van der Waals surface area contributed by atoms with E-state index in [1.54, 1.807) is 0 Å². The summed E-state index contributed by atoms with van der Waals surface area (Å²) in [6.45, 7) is 13.4. The molecule has 0 unspecified atom stereocenters. The third-order valence-corrected chi connectivity index (χ3v) is 9.74. The first-order valence-corrected chi connectivity index (χ1v) is 19.6. The van der Waals surface area contributed by atoms with Crippen molar-refractivity contribution in [3.8, 4) is 0 Å². The largest absolute Gasteiger partial charge is 0.399 e. The molecule has 5 rings (SSSR count). The molecule has 5 aromatic rings. The molecule has 0 bridgehead atoms. The number of unbranched alkanes of at least 4 members (excludes halogenated alkanes) is 4. The lowest BCUT2D eigenvalue weighted by atomic mass is 10.1. The monoisotopic (exact) mass is 696 g/mol. The molecule has 6 heteroatoms. The number of hydrogen-bond donors (Lipinski definition) is 2. The van der Waals surface area contributed by atoms with Crippen molar-refractivity contribution in [2.45, 2.75) is 79.1 Å². The van der Waals surface area contributed by atoms with Crippen LogP contribution in [0.5, 0.6) is 0 Å². The number of hydrogen-bond acceptors (Lipinski definition) is 6. The zero-order valence-electron chi connectivity index (χ0n) is 32.0. The molecule has 0 fully saturated rings. The first-order chi connectivity index (χ1) is 25.4. The molecule has 52 heavy (non-hydrogen) atoms. The molecule has 0 aliphatic rings. The quantitative estimate of drug-likeness (QED) is 0.0790. The van der Waals surface area contributed by atoms with Crippen LogP contribution in [0.15, 0.2) is 121 Å². The van der Waals surface area contributed by atoms with Gasteiger partial charge < -0.3 is 31.1 Å². The Morgan fingerprint density at radius 3 is 0.712 bits per heavy atom. The second-order valence-electron chi connectivity index (χ2n) is 13.8. The molecule has 274 valence electrons. The first-order valence-electron chi connectivity index (χ1n) is 19.6. The minimum absolute atomic E-state index is 0.738. The molecule has 0 heterocycles. The zero-order valence-corrected chi connectivity index (χ0v) is 32.0. The molecule has 4 N–H and O–H groups in total. The number of nitrogens with zero attached hydrogens (tertiary/aromatic N) is 4. The summed E-state index contributed by atoms with van der Waals surface area (Å²) in [5.74, 6) is 0. The van der Waals surface area contributed by atoms with E-state index in [4.69, 9.17) is 11.5 Å². The molecule has 0 aliphatic heterocycles. The van der Waals surface area contributed by atoms with Crippen molar-refractivity contribution in [2.75, 3.05) is 57.2 Å². The molecule has 5 aromatic carbocycles. The van der Waals surface area contributed by atoms with Crippen molar-refractivity contribution >= 4 is 56.9 Å². The summed E-state index contributed by atoms with van der Waals surface area (Å²) < 4.78 is 0. The Kier molecular flexibility index (Phi) is 14.3. The standard InChI is InChI=1S/C46H60N6/c1-5-9-33-49(34-10-6-2)39-21-25-43(26-22-39)52(44-27-23-40(24-28-44)50(35-11-7-3)36-12-8-4)46-31-29-45(30-32-46)51(41-17-13-37(47)14-18-41)42-19-15-38(48)16-20-42/h13-32H,5-12,33-36,47-48H2,1-4H3. The van der Waals surface area contributed by atoms with Crippen molar-refractivity contribution in [3.05, 3.63) is 121 Å². The first kappa shape index (κ1) is 38.1. The van der Waals surface area contributed by atoms with Crippen LogP contribution in [0.3, 0.4) is 0 Å². The number of benzene rings is 5. The summed E-state index contributed by atoms with van der Waals surface area (Å²) in [7, 11) is 0. The topological polar surface area (TPSA) is 65.0 Å². The van der Waals surface area contributed by atoms with Gasteiger partial charge in [0.05, 0.1) is 0 Å². The Labute approximate surface area is 313 Å². The number of nitrogens with two attached hydrogens (primary N) is 2. The van der Waals surface area contributed by atoms with Crippen LogP contribution in [0.25, 0.3) is 0 Å². The molecular weight excluding hydrogens is 637 g/mol. The molecule has 0 spiro atoms. The van der Waals surface area contributed by atoms with Gasteiger partial charge in [0, 0.05) is 83.1 Å². The lowest BCUT2D eigenvalue weighted by Gasteiger charge is -2.30. The number of rotatable bonds is 20. The fraction of sp³-hybridized carbons (Fsp3) is 0.348. The number of nitrogen functional groups attached to an aromatic ring is 2. The van der Waals surface area contributed by atoms with Crippen molar-refractivity contribution in [1.82, 2.24) is 0 Å². The van der Waals surface area contributed by atoms with Gasteiger partial charge in [-0.1, -0.05) is 53.4 Å². The zero-order chi connectivity index (χ0) is 36.7. The minimum atomic E-state index is 0.738. The lowest BCUT2D eigenvalue weighted by molar-refractivity contribution is 0.678. The van der Waals surface area contributed by atoms with E-state index >= 15 is 0 Å². The van der Waals surface area contributed by atoms with Crippen LogP contribution in [-0.4, -0.2) is 26.2 Å².